The van der Waals surface area contributed by atoms with Crippen LogP contribution in [0, 0.1) is 5.92 Å². The fourth-order valence-corrected chi connectivity index (χ4v) is 8.79. The molecule has 1 aromatic carbocycles. The number of benzene rings is 1. The molecular weight excluding hydrogens is 938 g/mol. The summed E-state index contributed by atoms with van der Waals surface area (Å²) >= 11 is 11.4. The van der Waals surface area contributed by atoms with Crippen molar-refractivity contribution < 1.29 is 32.8 Å². The van der Waals surface area contributed by atoms with Gasteiger partial charge in [0.25, 0.3) is 0 Å². The molecule has 6 radical (unpaired) electrons. The van der Waals surface area contributed by atoms with E-state index in [2.05, 4.69) is 38.1 Å². The normalized spacial score (nSPS) is 17.8. The lowest BCUT2D eigenvalue weighted by atomic mass is 9.63. The maximum Gasteiger partial charge on any atom is 0.435 e. The van der Waals surface area contributed by atoms with Crippen LogP contribution in [-0.4, -0.2) is 105 Å². The van der Waals surface area contributed by atoms with Gasteiger partial charge in [0.15, 0.2) is 16.3 Å². The Kier molecular flexibility index (Phi) is 18.7. The number of rotatable bonds is 24. The number of aliphatic imine (C=N–C) groups is 1. The van der Waals surface area contributed by atoms with Gasteiger partial charge in [-0.15, -0.1) is 12.6 Å². The molecule has 4 aromatic rings. The Morgan fingerprint density at radius 3 is 2.47 bits per heavy atom. The number of aromatic nitrogens is 5. The second kappa shape index (κ2) is 23.4. The van der Waals surface area contributed by atoms with E-state index in [1.165, 1.54) is 22.0 Å². The van der Waals surface area contributed by atoms with Crippen molar-refractivity contribution in [1.29, 1.82) is 0 Å². The molecule has 5 N–H and O–H groups in total. The molecule has 14 nitrogen and oxygen atoms in total. The molecule has 3 aromatic heterocycles. The number of fused-ring (bicyclic) bond motifs is 1. The topological polar surface area (TPSA) is 178 Å². The molecule has 0 saturated heterocycles. The number of halogens is 4. The molecule has 22 heteroatoms. The third kappa shape index (κ3) is 14.1. The molecule has 0 spiro atoms. The van der Waals surface area contributed by atoms with Crippen LogP contribution in [0.2, 0.25) is 17.7 Å². The van der Waals surface area contributed by atoms with Gasteiger partial charge in [0, 0.05) is 60.0 Å². The van der Waals surface area contributed by atoms with Crippen molar-refractivity contribution in [2.45, 2.75) is 120 Å². The zero-order chi connectivity index (χ0) is 51.8. The average molecular weight is 997 g/mol. The average Bonchev–Trinajstić information content (AvgIpc) is 3.78. The third-order valence-corrected chi connectivity index (χ3v) is 13.1. The molecule has 1 fully saturated rings. The first-order valence-corrected chi connectivity index (χ1v) is 23.5. The van der Waals surface area contributed by atoms with Gasteiger partial charge in [0.2, 0.25) is 12.3 Å². The summed E-state index contributed by atoms with van der Waals surface area (Å²) in [4.78, 5) is 41.7. The van der Waals surface area contributed by atoms with Crippen molar-refractivity contribution in [2.24, 2.45) is 23.7 Å². The van der Waals surface area contributed by atoms with E-state index in [0.717, 1.165) is 40.1 Å². The number of amides is 2. The van der Waals surface area contributed by atoms with Crippen LogP contribution in [-0.2, 0) is 34.2 Å². The van der Waals surface area contributed by atoms with Crippen LogP contribution in [0.1, 0.15) is 90.1 Å². The maximum atomic E-state index is 14.6. The number of allylic oxidation sites excluding steroid dienone is 4. The van der Waals surface area contributed by atoms with Crippen LogP contribution in [0.15, 0.2) is 88.9 Å². The van der Waals surface area contributed by atoms with Crippen LogP contribution >= 0.6 is 24.2 Å². The second-order valence-corrected chi connectivity index (χ2v) is 19.6. The highest BCUT2D eigenvalue weighted by Crippen LogP contribution is 2.52. The lowest BCUT2D eigenvalue weighted by Crippen LogP contribution is -2.55. The number of hydrogen-bond acceptors (Lipinski definition) is 11. The quantitative estimate of drug-likeness (QED) is 0.00886. The number of nitrogens with two attached hydrogens (primary N) is 1. The van der Waals surface area contributed by atoms with E-state index in [1.54, 1.807) is 62.4 Å². The minimum absolute atomic E-state index is 0.0826. The van der Waals surface area contributed by atoms with Gasteiger partial charge in [-0.1, -0.05) is 72.7 Å². The first kappa shape index (κ1) is 55.8. The van der Waals surface area contributed by atoms with Crippen molar-refractivity contribution in [3.63, 3.8) is 0 Å². The van der Waals surface area contributed by atoms with Crippen LogP contribution in [0.25, 0.3) is 27.7 Å². The van der Waals surface area contributed by atoms with E-state index >= 15 is 0 Å². The fraction of sp³-hybridized carbons (Fsp3) is 0.458. The molecule has 2 amide bonds. The predicted octanol–water partition coefficient (Wildman–Crippen LogP) is 8.00. The van der Waals surface area contributed by atoms with Crippen LogP contribution in [0.4, 0.5) is 13.2 Å². The Balaban J connectivity index is 1.40. The largest absolute Gasteiger partial charge is 0.435 e. The molecule has 1 aliphatic rings. The van der Waals surface area contributed by atoms with Crippen LogP contribution < -0.4 is 16.7 Å². The summed E-state index contributed by atoms with van der Waals surface area (Å²) in [7, 11) is 19.7. The summed E-state index contributed by atoms with van der Waals surface area (Å²) in [6, 6.07) is 7.70. The molecule has 0 bridgehead atoms. The van der Waals surface area contributed by atoms with Gasteiger partial charge in [-0.25, -0.2) is 4.98 Å². The standard InChI is InChI=1S/C48H59B3ClF3N10O4S/c1-8-29(3)38(46(6,70)69-62-68)13-11-31(9-2)40-20-42(48(53,54)55)60-65(40)27-45(4,5)59-44(67)41(16-30(21-56)22-58-47(51,25-49)26-50)64(28-66)15-14-33-18-37(33)36-12-10-32(19-39(36)52)34-17-35-24-63(7)61-43(35)57-23-34/h9-13,17,19-24,28,33,37,41,62,68,70H,8,14-16,18,25-27,56H2,1-7H3,(H,59,67)/b13-11-,30-21-,31-9+,38-29?,58-22+/t33-,37?,41?,46?/m1/s1. The van der Waals surface area contributed by atoms with Gasteiger partial charge in [-0.3, -0.25) is 34.0 Å². The zero-order valence-electron chi connectivity index (χ0n) is 40.5. The fourth-order valence-electron chi connectivity index (χ4n) is 8.16. The van der Waals surface area contributed by atoms with Crippen molar-refractivity contribution in [1.82, 2.24) is 40.4 Å². The molecule has 0 aliphatic heterocycles. The highest BCUT2D eigenvalue weighted by molar-refractivity contribution is 7.81. The maximum absolute atomic E-state index is 14.6. The van der Waals surface area contributed by atoms with Gasteiger partial charge in [-0.2, -0.15) is 23.4 Å². The van der Waals surface area contributed by atoms with Gasteiger partial charge < -0.3 is 16.0 Å². The van der Waals surface area contributed by atoms with E-state index in [0.29, 0.717) is 46.6 Å². The number of thiol groups is 1. The SMILES string of the molecule is [B]CC([B])(C[B])/N=C/C(=C\N)CC(C(=O)NC(C)(C)Cn1nc(C(F)(F)F)cc1C(/C=C\C(=C(C)CC)C(C)(S)ONO)=C/C)N(C=O)CC[C@@H]1CC1c1ccc(-c2cnc3nn(C)cc3c2)cc1Cl. The molecule has 3 unspecified atom stereocenters. The summed E-state index contributed by atoms with van der Waals surface area (Å²) < 4.78 is 45.9. The summed E-state index contributed by atoms with van der Waals surface area (Å²) in [6.45, 7) is 10.2. The highest BCUT2D eigenvalue weighted by atomic mass is 35.5. The number of aryl methyl sites for hydroxylation is 1. The number of pyridine rings is 1. The van der Waals surface area contributed by atoms with E-state index in [-0.39, 0.29) is 49.7 Å². The summed E-state index contributed by atoms with van der Waals surface area (Å²) in [5, 5.41) is 22.1. The molecule has 3 heterocycles. The summed E-state index contributed by atoms with van der Waals surface area (Å²) in [5.41, 5.74) is 9.59. The molecule has 368 valence electrons. The zero-order valence-corrected chi connectivity index (χ0v) is 42.1. The molecule has 70 heavy (non-hydrogen) atoms. The van der Waals surface area contributed by atoms with Crippen molar-refractivity contribution >= 4 is 82.9 Å². The van der Waals surface area contributed by atoms with E-state index in [1.807, 2.05) is 51.4 Å². The first-order valence-electron chi connectivity index (χ1n) is 22.7. The highest BCUT2D eigenvalue weighted by Gasteiger charge is 2.41. The Hall–Kier alpha value is -5.08. The number of carbonyl (C=O) groups is 2. The molecule has 1 saturated carbocycles. The molecule has 1 aliphatic carbocycles. The second-order valence-electron chi connectivity index (χ2n) is 18.4. The number of alkyl halides is 3. The number of hydrogen-bond donors (Lipinski definition) is 5. The minimum Gasteiger partial charge on any atom is -0.404 e. The van der Waals surface area contributed by atoms with Gasteiger partial charge in [0.1, 0.15) is 13.9 Å². The molecule has 4 atom stereocenters. The number of carbonyl (C=O) groups excluding carboxylic acids is 2. The van der Waals surface area contributed by atoms with Crippen molar-refractivity contribution in [3.05, 3.63) is 106 Å². The molecule has 5 rings (SSSR count). The Morgan fingerprint density at radius 1 is 1.16 bits per heavy atom. The predicted molar refractivity (Wildman–Crippen MR) is 275 cm³/mol. The Bertz CT molecular complexity index is 2660. The van der Waals surface area contributed by atoms with Gasteiger partial charge in [0.05, 0.1) is 33.5 Å². The van der Waals surface area contributed by atoms with E-state index in [9.17, 15) is 28.0 Å². The smallest absolute Gasteiger partial charge is 0.404 e. The van der Waals surface area contributed by atoms with Crippen LogP contribution in [0.5, 0.6) is 0 Å². The number of nitrogens with one attached hydrogen (secondary N) is 2. The summed E-state index contributed by atoms with van der Waals surface area (Å²) in [5.74, 6) is -0.353. The third-order valence-electron chi connectivity index (χ3n) is 12.4. The summed E-state index contributed by atoms with van der Waals surface area (Å²) in [6.07, 6.45) is 8.57. The molecular formula is C48H59B3ClF3N10O4S. The van der Waals surface area contributed by atoms with Gasteiger partial charge >= 0.3 is 6.18 Å². The monoisotopic (exact) mass is 996 g/mol. The van der Waals surface area contributed by atoms with Gasteiger partial charge in [-0.05, 0) is 118 Å². The number of nitrogens with zero attached hydrogens (tertiary/aromatic N) is 7. The lowest BCUT2D eigenvalue weighted by molar-refractivity contribution is -0.158. The first-order chi connectivity index (χ1) is 32.9. The van der Waals surface area contributed by atoms with Crippen LogP contribution in [0.3, 0.4) is 0 Å². The minimum atomic E-state index is -4.80. The van der Waals surface area contributed by atoms with Crippen molar-refractivity contribution in [2.75, 3.05) is 6.54 Å². The lowest BCUT2D eigenvalue weighted by Gasteiger charge is -2.33. The Labute approximate surface area is 422 Å². The van der Waals surface area contributed by atoms with Crippen molar-refractivity contribution in [3.8, 4) is 11.1 Å². The van der Waals surface area contributed by atoms with E-state index in [4.69, 9.17) is 45.7 Å². The Morgan fingerprint density at radius 2 is 1.87 bits per heavy atom. The van der Waals surface area contributed by atoms with E-state index < -0.39 is 39.7 Å².